The third-order valence-corrected chi connectivity index (χ3v) is 3.80. The van der Waals surface area contributed by atoms with Crippen molar-refractivity contribution >= 4 is 11.6 Å². The highest BCUT2D eigenvalue weighted by atomic mass is 35.5. The molecule has 0 N–H and O–H groups in total. The summed E-state index contributed by atoms with van der Waals surface area (Å²) in [4.78, 5) is 0. The molecule has 0 unspecified atom stereocenters. The van der Waals surface area contributed by atoms with Gasteiger partial charge in [-0.3, -0.25) is 0 Å². The van der Waals surface area contributed by atoms with Gasteiger partial charge in [-0.1, -0.05) is 23.7 Å². The molecule has 1 aromatic heterocycles. The summed E-state index contributed by atoms with van der Waals surface area (Å²) in [6, 6.07) is 14.6. The molecule has 2 aromatic carbocycles. The highest BCUT2D eigenvalue weighted by Gasteiger charge is 2.09. The summed E-state index contributed by atoms with van der Waals surface area (Å²) in [7, 11) is 0. The zero-order chi connectivity index (χ0) is 16.9. The summed E-state index contributed by atoms with van der Waals surface area (Å²) < 4.78 is 12.4. The van der Waals surface area contributed by atoms with E-state index in [0.717, 1.165) is 16.8 Å². The van der Waals surface area contributed by atoms with Crippen LogP contribution in [0, 0.1) is 18.4 Å². The zero-order valence-electron chi connectivity index (χ0n) is 12.9. The van der Waals surface area contributed by atoms with E-state index in [-0.39, 0.29) is 6.61 Å². The quantitative estimate of drug-likeness (QED) is 0.651. The Kier molecular flexibility index (Phi) is 4.69. The lowest BCUT2D eigenvalue weighted by atomic mass is 10.1. The first-order valence-electron chi connectivity index (χ1n) is 7.26. The fourth-order valence-electron chi connectivity index (χ4n) is 2.27. The molecule has 24 heavy (non-hydrogen) atoms. The Labute approximate surface area is 144 Å². The van der Waals surface area contributed by atoms with Gasteiger partial charge in [-0.15, -0.1) is 10.4 Å². The number of benzene rings is 2. The van der Waals surface area contributed by atoms with Gasteiger partial charge >= 0.3 is 0 Å². The maximum absolute atomic E-state index is 8.73. The molecule has 6 heteroatoms. The second-order valence-corrected chi connectivity index (χ2v) is 5.55. The van der Waals surface area contributed by atoms with Crippen molar-refractivity contribution in [1.29, 1.82) is 5.26 Å². The molecule has 1 heterocycles. The fourth-order valence-corrected chi connectivity index (χ4v) is 2.40. The molecule has 3 rings (SSSR count). The predicted octanol–water partition coefficient (Wildman–Crippen LogP) is 4.27. The predicted molar refractivity (Wildman–Crippen MR) is 90.3 cm³/mol. The SMILES string of the molecule is Cc1cccc(OC#N)c1COc1ccn(-c2ccc(Cl)cc2)n1. The number of nitrogens with zero attached hydrogens (tertiary/aromatic N) is 3. The monoisotopic (exact) mass is 339 g/mol. The minimum atomic E-state index is 0.265. The van der Waals surface area contributed by atoms with Gasteiger partial charge in [0.2, 0.25) is 5.88 Å². The first-order chi connectivity index (χ1) is 11.7. The van der Waals surface area contributed by atoms with E-state index in [0.29, 0.717) is 16.7 Å². The van der Waals surface area contributed by atoms with Gasteiger partial charge in [0.05, 0.1) is 5.69 Å². The normalized spacial score (nSPS) is 10.2. The highest BCUT2D eigenvalue weighted by Crippen LogP contribution is 2.24. The van der Waals surface area contributed by atoms with Crippen LogP contribution in [0.15, 0.2) is 54.7 Å². The van der Waals surface area contributed by atoms with Crippen molar-refractivity contribution in [3.05, 3.63) is 70.9 Å². The molecule has 0 bridgehead atoms. The van der Waals surface area contributed by atoms with E-state index in [1.54, 1.807) is 35.2 Å². The van der Waals surface area contributed by atoms with E-state index in [1.807, 2.05) is 37.4 Å². The average molecular weight is 340 g/mol. The summed E-state index contributed by atoms with van der Waals surface area (Å²) in [6.45, 7) is 2.20. The molecule has 0 spiro atoms. The van der Waals surface area contributed by atoms with Crippen LogP contribution in [0.5, 0.6) is 11.6 Å². The molecule has 0 aliphatic rings. The van der Waals surface area contributed by atoms with Crippen molar-refractivity contribution < 1.29 is 9.47 Å². The topological polar surface area (TPSA) is 60.1 Å². The standard InChI is InChI=1S/C18H14ClN3O2/c1-13-3-2-4-17(24-12-20)16(13)11-23-18-9-10-22(21-18)15-7-5-14(19)6-8-15/h2-10H,11H2,1H3. The number of aromatic nitrogens is 2. The van der Waals surface area contributed by atoms with E-state index < -0.39 is 0 Å². The first-order valence-corrected chi connectivity index (χ1v) is 7.64. The Morgan fingerprint density at radius 2 is 1.96 bits per heavy atom. The molecule has 120 valence electrons. The van der Waals surface area contributed by atoms with Gasteiger partial charge < -0.3 is 9.47 Å². The molecule has 0 aliphatic heterocycles. The highest BCUT2D eigenvalue weighted by molar-refractivity contribution is 6.30. The second-order valence-electron chi connectivity index (χ2n) is 5.11. The maximum atomic E-state index is 8.73. The molecule has 0 saturated carbocycles. The molecule has 0 radical (unpaired) electrons. The Balaban J connectivity index is 1.75. The second kappa shape index (κ2) is 7.07. The van der Waals surface area contributed by atoms with E-state index >= 15 is 0 Å². The van der Waals surface area contributed by atoms with Crippen LogP contribution in [-0.4, -0.2) is 9.78 Å². The largest absolute Gasteiger partial charge is 0.472 e. The van der Waals surface area contributed by atoms with Crippen LogP contribution < -0.4 is 9.47 Å². The van der Waals surface area contributed by atoms with Crippen LogP contribution in [0.25, 0.3) is 5.69 Å². The Morgan fingerprint density at radius 3 is 2.71 bits per heavy atom. The number of rotatable bonds is 5. The van der Waals surface area contributed by atoms with Crippen LogP contribution in [-0.2, 0) is 6.61 Å². The number of hydrogen-bond donors (Lipinski definition) is 0. The average Bonchev–Trinajstić information content (AvgIpc) is 3.04. The Hall–Kier alpha value is -2.97. The lowest BCUT2D eigenvalue weighted by molar-refractivity contribution is 0.286. The van der Waals surface area contributed by atoms with E-state index in [4.69, 9.17) is 26.3 Å². The Bertz CT molecular complexity index is 882. The lowest BCUT2D eigenvalue weighted by Crippen LogP contribution is -2.02. The Morgan fingerprint density at radius 1 is 1.17 bits per heavy atom. The fraction of sp³-hybridized carbons (Fsp3) is 0.111. The molecule has 5 nitrogen and oxygen atoms in total. The molecule has 3 aromatic rings. The van der Waals surface area contributed by atoms with Gasteiger partial charge in [-0.25, -0.2) is 4.68 Å². The van der Waals surface area contributed by atoms with Crippen molar-refractivity contribution in [2.45, 2.75) is 13.5 Å². The molecule has 0 saturated heterocycles. The van der Waals surface area contributed by atoms with Crippen molar-refractivity contribution in [3.63, 3.8) is 0 Å². The van der Waals surface area contributed by atoms with Gasteiger partial charge in [0.25, 0.3) is 6.26 Å². The number of ether oxygens (including phenoxy) is 2. The van der Waals surface area contributed by atoms with Crippen molar-refractivity contribution in [2.75, 3.05) is 0 Å². The lowest BCUT2D eigenvalue weighted by Gasteiger charge is -2.10. The van der Waals surface area contributed by atoms with Crippen LogP contribution in [0.3, 0.4) is 0 Å². The van der Waals surface area contributed by atoms with E-state index in [1.165, 1.54) is 0 Å². The summed E-state index contributed by atoms with van der Waals surface area (Å²) >= 11 is 5.89. The molecule has 0 fully saturated rings. The zero-order valence-corrected chi connectivity index (χ0v) is 13.7. The van der Waals surface area contributed by atoms with Crippen LogP contribution in [0.1, 0.15) is 11.1 Å². The summed E-state index contributed by atoms with van der Waals surface area (Å²) in [5, 5.41) is 13.8. The summed E-state index contributed by atoms with van der Waals surface area (Å²) in [5.41, 5.74) is 2.69. The number of hydrogen-bond acceptors (Lipinski definition) is 4. The van der Waals surface area contributed by atoms with Gasteiger partial charge in [0, 0.05) is 22.8 Å². The molecule has 0 atom stereocenters. The molecular weight excluding hydrogens is 326 g/mol. The van der Waals surface area contributed by atoms with Gasteiger partial charge in [0.1, 0.15) is 12.4 Å². The molecular formula is C18H14ClN3O2. The van der Waals surface area contributed by atoms with Gasteiger partial charge in [-0.05, 0) is 42.8 Å². The summed E-state index contributed by atoms with van der Waals surface area (Å²) in [5.74, 6) is 0.978. The summed E-state index contributed by atoms with van der Waals surface area (Å²) in [6.07, 6.45) is 3.50. The van der Waals surface area contributed by atoms with Gasteiger partial charge in [-0.2, -0.15) is 0 Å². The molecule has 0 amide bonds. The number of aryl methyl sites for hydroxylation is 1. The van der Waals surface area contributed by atoms with Crippen molar-refractivity contribution in [2.24, 2.45) is 0 Å². The van der Waals surface area contributed by atoms with E-state index in [9.17, 15) is 0 Å². The van der Waals surface area contributed by atoms with Crippen LogP contribution >= 0.6 is 11.6 Å². The van der Waals surface area contributed by atoms with E-state index in [2.05, 4.69) is 5.10 Å². The maximum Gasteiger partial charge on any atom is 0.292 e. The van der Waals surface area contributed by atoms with Crippen LogP contribution in [0.4, 0.5) is 0 Å². The third-order valence-electron chi connectivity index (χ3n) is 3.54. The molecule has 0 aliphatic carbocycles. The van der Waals surface area contributed by atoms with Gasteiger partial charge in [0.15, 0.2) is 0 Å². The minimum Gasteiger partial charge on any atom is -0.472 e. The smallest absolute Gasteiger partial charge is 0.292 e. The van der Waals surface area contributed by atoms with Crippen LogP contribution in [0.2, 0.25) is 5.02 Å². The van der Waals surface area contributed by atoms with Crippen molar-refractivity contribution in [1.82, 2.24) is 9.78 Å². The van der Waals surface area contributed by atoms with Crippen molar-refractivity contribution in [3.8, 4) is 23.6 Å². The number of halogens is 1. The first kappa shape index (κ1) is 15.9. The minimum absolute atomic E-state index is 0.265. The number of nitriles is 1. The third kappa shape index (κ3) is 3.50.